The summed E-state index contributed by atoms with van der Waals surface area (Å²) in [5.41, 5.74) is 7.18. The zero-order valence-corrected chi connectivity index (χ0v) is 21.3. The van der Waals surface area contributed by atoms with Gasteiger partial charge in [-0.1, -0.05) is 24.6 Å². The number of amides is 1. The molecule has 0 bridgehead atoms. The molecule has 7 heteroatoms. The number of halogens is 2. The van der Waals surface area contributed by atoms with Gasteiger partial charge in [0.2, 0.25) is 0 Å². The summed E-state index contributed by atoms with van der Waals surface area (Å²) < 4.78 is 6.21. The molecule has 0 saturated carbocycles. The highest BCUT2D eigenvalue weighted by atomic mass is 127. The average molecular weight is 552 g/mol. The number of nitrogens with one attached hydrogen (secondary N) is 1. The number of carbonyl (C=O) groups excluding carboxylic acids is 1. The second kappa shape index (κ2) is 9.61. The molecular formula is C24H27ClIN3O2. The first-order chi connectivity index (χ1) is 14.7. The normalized spacial score (nSPS) is 14.9. The number of carbonyl (C=O) groups is 1. The fourth-order valence-electron chi connectivity index (χ4n) is 3.87. The molecule has 5 nitrogen and oxygen atoms in total. The van der Waals surface area contributed by atoms with Crippen molar-refractivity contribution in [2.45, 2.75) is 39.7 Å². The van der Waals surface area contributed by atoms with Crippen LogP contribution in [0.5, 0.6) is 5.75 Å². The number of allylic oxidation sites excluding steroid dienone is 1. The molecule has 1 aliphatic heterocycles. The molecule has 0 saturated heterocycles. The van der Waals surface area contributed by atoms with Crippen LogP contribution in [0, 0.1) is 3.57 Å². The van der Waals surface area contributed by atoms with Crippen molar-refractivity contribution in [2.24, 2.45) is 5.10 Å². The molecule has 1 N–H and O–H groups in total. The van der Waals surface area contributed by atoms with Gasteiger partial charge in [-0.15, -0.1) is 0 Å². The Kier molecular flexibility index (Phi) is 7.31. The van der Waals surface area contributed by atoms with Gasteiger partial charge >= 0.3 is 0 Å². The lowest BCUT2D eigenvalue weighted by Crippen LogP contribution is -2.45. The van der Waals surface area contributed by atoms with Gasteiger partial charge in [0.25, 0.3) is 5.91 Å². The van der Waals surface area contributed by atoms with Crippen molar-refractivity contribution in [3.8, 4) is 5.75 Å². The number of hydrogen-bond donors (Lipinski definition) is 1. The topological polar surface area (TPSA) is 53.9 Å². The highest BCUT2D eigenvalue weighted by molar-refractivity contribution is 14.1. The number of hydrazone groups is 1. The Morgan fingerprint density at radius 3 is 2.74 bits per heavy atom. The van der Waals surface area contributed by atoms with Crippen LogP contribution in [0.15, 0.2) is 41.5 Å². The molecule has 0 aromatic heterocycles. The SMILES string of the molecule is CCCN1c2cc(Cl)c(/C=N/NC(=O)c3ccc(I)c(OC)c3)cc2C(C)=CC1(C)C. The minimum Gasteiger partial charge on any atom is -0.496 e. The largest absolute Gasteiger partial charge is 0.496 e. The third-order valence-corrected chi connectivity index (χ3v) is 6.54. The summed E-state index contributed by atoms with van der Waals surface area (Å²) in [6.45, 7) is 9.67. The van der Waals surface area contributed by atoms with Gasteiger partial charge in [-0.3, -0.25) is 4.79 Å². The minimum absolute atomic E-state index is 0.0748. The van der Waals surface area contributed by atoms with E-state index in [0.29, 0.717) is 16.3 Å². The minimum atomic E-state index is -0.313. The maximum absolute atomic E-state index is 12.4. The van der Waals surface area contributed by atoms with Crippen LogP contribution in [-0.4, -0.2) is 31.3 Å². The van der Waals surface area contributed by atoms with E-state index in [1.807, 2.05) is 18.2 Å². The Bertz CT molecular complexity index is 1060. The average Bonchev–Trinajstić information content (AvgIpc) is 2.71. The summed E-state index contributed by atoms with van der Waals surface area (Å²) in [7, 11) is 1.58. The highest BCUT2D eigenvalue weighted by Crippen LogP contribution is 2.41. The van der Waals surface area contributed by atoms with Crippen molar-refractivity contribution in [1.82, 2.24) is 5.43 Å². The fraction of sp³-hybridized carbons (Fsp3) is 0.333. The van der Waals surface area contributed by atoms with Gasteiger partial charge in [0.15, 0.2) is 0 Å². The molecule has 31 heavy (non-hydrogen) atoms. The quantitative estimate of drug-likeness (QED) is 0.267. The molecule has 1 amide bonds. The predicted octanol–water partition coefficient (Wildman–Crippen LogP) is 6.13. The zero-order valence-electron chi connectivity index (χ0n) is 18.4. The summed E-state index contributed by atoms with van der Waals surface area (Å²) in [4.78, 5) is 14.8. The van der Waals surface area contributed by atoms with Crippen LogP contribution in [0.2, 0.25) is 5.02 Å². The second-order valence-corrected chi connectivity index (χ2v) is 9.64. The molecule has 3 rings (SSSR count). The lowest BCUT2D eigenvalue weighted by atomic mass is 9.88. The fourth-order valence-corrected chi connectivity index (χ4v) is 4.63. The number of methoxy groups -OCH3 is 1. The van der Waals surface area contributed by atoms with Crippen molar-refractivity contribution in [3.63, 3.8) is 0 Å². The lowest BCUT2D eigenvalue weighted by Gasteiger charge is -2.43. The van der Waals surface area contributed by atoms with Gasteiger partial charge in [-0.2, -0.15) is 5.10 Å². The number of anilines is 1. The van der Waals surface area contributed by atoms with Crippen LogP contribution >= 0.6 is 34.2 Å². The van der Waals surface area contributed by atoms with Gasteiger partial charge in [0.1, 0.15) is 5.75 Å². The number of benzene rings is 2. The third-order valence-electron chi connectivity index (χ3n) is 5.33. The van der Waals surface area contributed by atoms with Gasteiger partial charge in [-0.05, 0) is 85.7 Å². The van der Waals surface area contributed by atoms with Crippen LogP contribution in [0.25, 0.3) is 5.57 Å². The van der Waals surface area contributed by atoms with E-state index in [9.17, 15) is 4.79 Å². The van der Waals surface area contributed by atoms with Crippen molar-refractivity contribution in [1.29, 1.82) is 0 Å². The molecule has 164 valence electrons. The van der Waals surface area contributed by atoms with Gasteiger partial charge in [0, 0.05) is 28.9 Å². The first-order valence-corrected chi connectivity index (χ1v) is 11.6. The standard InChI is InChI=1S/C24H27ClIN3O2/c1-6-9-29-21-12-19(25)17(10-18(21)15(2)13-24(29,3)4)14-27-28-23(30)16-7-8-20(26)22(11-16)31-5/h7-8,10-14H,6,9H2,1-5H3,(H,28,30)/b27-14+. The van der Waals surface area contributed by atoms with Gasteiger partial charge in [-0.25, -0.2) is 5.43 Å². The van der Waals surface area contributed by atoms with E-state index in [-0.39, 0.29) is 11.4 Å². The molecule has 1 aliphatic rings. The third kappa shape index (κ3) is 5.06. The van der Waals surface area contributed by atoms with E-state index in [0.717, 1.165) is 33.4 Å². The van der Waals surface area contributed by atoms with Gasteiger partial charge in [0.05, 0.1) is 27.5 Å². The van der Waals surface area contributed by atoms with Crippen LogP contribution in [0.1, 0.15) is 55.6 Å². The predicted molar refractivity (Wildman–Crippen MR) is 138 cm³/mol. The van der Waals surface area contributed by atoms with Crippen molar-refractivity contribution in [3.05, 3.63) is 61.7 Å². The first-order valence-electron chi connectivity index (χ1n) is 10.2. The van der Waals surface area contributed by atoms with Crippen molar-refractivity contribution in [2.75, 3.05) is 18.6 Å². The van der Waals surface area contributed by atoms with Crippen LogP contribution in [0.4, 0.5) is 5.69 Å². The Balaban J connectivity index is 1.84. The number of fused-ring (bicyclic) bond motifs is 1. The molecule has 2 aromatic carbocycles. The molecule has 1 heterocycles. The highest BCUT2D eigenvalue weighted by Gasteiger charge is 2.31. The number of hydrogen-bond acceptors (Lipinski definition) is 4. The zero-order chi connectivity index (χ0) is 22.8. The van der Waals surface area contributed by atoms with Gasteiger partial charge < -0.3 is 9.64 Å². The molecular weight excluding hydrogens is 525 g/mol. The lowest BCUT2D eigenvalue weighted by molar-refractivity contribution is 0.0954. The molecule has 2 aromatic rings. The van der Waals surface area contributed by atoms with E-state index in [4.69, 9.17) is 16.3 Å². The van der Waals surface area contributed by atoms with E-state index in [1.54, 1.807) is 25.5 Å². The summed E-state index contributed by atoms with van der Waals surface area (Å²) in [6.07, 6.45) is 4.92. The number of ether oxygens (including phenoxy) is 1. The van der Waals surface area contributed by atoms with Crippen LogP contribution in [-0.2, 0) is 0 Å². The van der Waals surface area contributed by atoms with E-state index in [1.165, 1.54) is 5.57 Å². The molecule has 0 aliphatic carbocycles. The maximum atomic E-state index is 12.4. The number of nitrogens with zero attached hydrogens (tertiary/aromatic N) is 2. The molecule has 0 atom stereocenters. The van der Waals surface area contributed by atoms with E-state index < -0.39 is 0 Å². The monoisotopic (exact) mass is 551 g/mol. The molecule has 0 spiro atoms. The number of rotatable bonds is 6. The van der Waals surface area contributed by atoms with E-state index >= 15 is 0 Å². The summed E-state index contributed by atoms with van der Waals surface area (Å²) in [6, 6.07) is 9.29. The first kappa shape index (κ1) is 23.6. The van der Waals surface area contributed by atoms with Crippen molar-refractivity contribution < 1.29 is 9.53 Å². The smallest absolute Gasteiger partial charge is 0.271 e. The Hall–Kier alpha value is -2.06. The van der Waals surface area contributed by atoms with E-state index in [2.05, 4.69) is 71.8 Å². The van der Waals surface area contributed by atoms with Crippen molar-refractivity contribution >= 4 is 57.6 Å². The summed E-state index contributed by atoms with van der Waals surface area (Å²) in [5, 5.41) is 4.73. The Labute approximate surface area is 202 Å². The Morgan fingerprint density at radius 2 is 2.06 bits per heavy atom. The summed E-state index contributed by atoms with van der Waals surface area (Å²) >= 11 is 8.75. The molecule has 0 radical (unpaired) electrons. The van der Waals surface area contributed by atoms with Crippen LogP contribution in [0.3, 0.4) is 0 Å². The van der Waals surface area contributed by atoms with Crippen LogP contribution < -0.4 is 15.1 Å². The second-order valence-electron chi connectivity index (χ2n) is 8.07. The Morgan fingerprint density at radius 1 is 1.32 bits per heavy atom. The molecule has 0 unspecified atom stereocenters. The maximum Gasteiger partial charge on any atom is 0.271 e. The molecule has 0 fully saturated rings. The summed E-state index contributed by atoms with van der Waals surface area (Å²) in [5.74, 6) is 0.337.